The minimum absolute atomic E-state index is 0.176. The molecule has 0 aromatic carbocycles. The number of nitrogens with two attached hydrogens (primary N) is 1. The Morgan fingerprint density at radius 3 is 2.60 bits per heavy atom. The molecule has 0 bridgehead atoms. The van der Waals surface area contributed by atoms with Crippen molar-refractivity contribution >= 4 is 11.8 Å². The zero-order chi connectivity index (χ0) is 11.3. The summed E-state index contributed by atoms with van der Waals surface area (Å²) in [6, 6.07) is 4.13. The van der Waals surface area contributed by atoms with Gasteiger partial charge in [-0.25, -0.2) is 0 Å². The Morgan fingerprint density at radius 2 is 2.13 bits per heavy atom. The van der Waals surface area contributed by atoms with Gasteiger partial charge in [-0.1, -0.05) is 20.8 Å². The van der Waals surface area contributed by atoms with Crippen LogP contribution in [0.3, 0.4) is 0 Å². The molecule has 86 valence electrons. The first kappa shape index (κ1) is 12.7. The van der Waals surface area contributed by atoms with E-state index in [9.17, 15) is 0 Å². The maximum atomic E-state index is 6.13. The summed E-state index contributed by atoms with van der Waals surface area (Å²) in [5, 5.41) is 0.914. The molecule has 15 heavy (non-hydrogen) atoms. The van der Waals surface area contributed by atoms with Crippen LogP contribution in [0.2, 0.25) is 0 Å². The Hall–Kier alpha value is -0.410. The van der Waals surface area contributed by atoms with Crippen molar-refractivity contribution in [3.05, 3.63) is 24.2 Å². The van der Waals surface area contributed by atoms with Crippen molar-refractivity contribution in [1.29, 1.82) is 0 Å². The van der Waals surface area contributed by atoms with E-state index in [1.54, 1.807) is 6.26 Å². The SMILES string of the molecule is CCC(C)SC(c1ccco1)C(N)CC. The summed E-state index contributed by atoms with van der Waals surface area (Å²) in [6.07, 6.45) is 3.87. The number of hydrogen-bond acceptors (Lipinski definition) is 3. The van der Waals surface area contributed by atoms with Crippen molar-refractivity contribution < 1.29 is 4.42 Å². The summed E-state index contributed by atoms with van der Waals surface area (Å²) >= 11 is 1.92. The molecule has 0 aliphatic carbocycles. The lowest BCUT2D eigenvalue weighted by Crippen LogP contribution is -2.26. The maximum absolute atomic E-state index is 6.13. The van der Waals surface area contributed by atoms with E-state index in [1.165, 1.54) is 0 Å². The van der Waals surface area contributed by atoms with Crippen molar-refractivity contribution in [3.63, 3.8) is 0 Å². The largest absolute Gasteiger partial charge is 0.468 e. The third-order valence-electron chi connectivity index (χ3n) is 2.64. The molecule has 0 fully saturated rings. The van der Waals surface area contributed by atoms with E-state index < -0.39 is 0 Å². The van der Waals surface area contributed by atoms with Crippen molar-refractivity contribution in [3.8, 4) is 0 Å². The van der Waals surface area contributed by atoms with Gasteiger partial charge in [-0.05, 0) is 25.0 Å². The van der Waals surface area contributed by atoms with Gasteiger partial charge in [-0.3, -0.25) is 0 Å². The fourth-order valence-electron chi connectivity index (χ4n) is 1.39. The Balaban J connectivity index is 2.70. The van der Waals surface area contributed by atoms with Gasteiger partial charge in [0.25, 0.3) is 0 Å². The number of furan rings is 1. The minimum atomic E-state index is 0.176. The van der Waals surface area contributed by atoms with E-state index in [2.05, 4.69) is 20.8 Å². The average molecular weight is 227 g/mol. The fourth-order valence-corrected chi connectivity index (χ4v) is 2.75. The molecule has 3 heteroatoms. The molecule has 0 aliphatic heterocycles. The van der Waals surface area contributed by atoms with Crippen LogP contribution in [0, 0.1) is 0 Å². The van der Waals surface area contributed by atoms with Gasteiger partial charge in [0.2, 0.25) is 0 Å². The van der Waals surface area contributed by atoms with Gasteiger partial charge in [0.15, 0.2) is 0 Å². The van der Waals surface area contributed by atoms with Crippen LogP contribution < -0.4 is 5.73 Å². The van der Waals surface area contributed by atoms with Crippen molar-refractivity contribution in [1.82, 2.24) is 0 Å². The minimum Gasteiger partial charge on any atom is -0.468 e. The van der Waals surface area contributed by atoms with Crippen LogP contribution in [0.15, 0.2) is 22.8 Å². The van der Waals surface area contributed by atoms with Crippen molar-refractivity contribution in [2.24, 2.45) is 5.73 Å². The molecule has 0 saturated heterocycles. The molecule has 0 spiro atoms. The summed E-state index contributed by atoms with van der Waals surface area (Å²) in [6.45, 7) is 6.56. The highest BCUT2D eigenvalue weighted by atomic mass is 32.2. The molecule has 3 atom stereocenters. The molecule has 1 heterocycles. The zero-order valence-electron chi connectivity index (χ0n) is 9.77. The standard InChI is InChI=1S/C12H21NOS/c1-4-9(3)15-12(10(13)5-2)11-7-6-8-14-11/h6-10,12H,4-5,13H2,1-3H3. The zero-order valence-corrected chi connectivity index (χ0v) is 10.6. The van der Waals surface area contributed by atoms with Crippen LogP contribution in [-0.2, 0) is 0 Å². The second kappa shape index (κ2) is 6.23. The number of thioether (sulfide) groups is 1. The van der Waals surface area contributed by atoms with Gasteiger partial charge < -0.3 is 10.2 Å². The van der Waals surface area contributed by atoms with E-state index >= 15 is 0 Å². The van der Waals surface area contributed by atoms with Crippen LogP contribution in [0.5, 0.6) is 0 Å². The molecule has 0 saturated carbocycles. The quantitative estimate of drug-likeness (QED) is 0.807. The predicted molar refractivity (Wildman–Crippen MR) is 67.1 cm³/mol. The van der Waals surface area contributed by atoms with E-state index in [0.717, 1.165) is 18.6 Å². The number of rotatable bonds is 6. The topological polar surface area (TPSA) is 39.2 Å². The van der Waals surface area contributed by atoms with Crippen LogP contribution >= 0.6 is 11.8 Å². The molecule has 2 N–H and O–H groups in total. The molecule has 0 aliphatic rings. The Bertz CT molecular complexity index is 261. The molecule has 0 radical (unpaired) electrons. The summed E-state index contributed by atoms with van der Waals surface area (Å²) in [4.78, 5) is 0. The van der Waals surface area contributed by atoms with Crippen LogP contribution in [-0.4, -0.2) is 11.3 Å². The Morgan fingerprint density at radius 1 is 1.40 bits per heavy atom. The Labute approximate surface area is 96.6 Å². The average Bonchev–Trinajstić information content (AvgIpc) is 2.77. The van der Waals surface area contributed by atoms with Gasteiger partial charge >= 0.3 is 0 Å². The van der Waals surface area contributed by atoms with E-state index in [1.807, 2.05) is 23.9 Å². The first-order valence-corrected chi connectivity index (χ1v) is 6.57. The normalized spacial score (nSPS) is 17.3. The molecule has 1 aromatic heterocycles. The molecule has 0 amide bonds. The fraction of sp³-hybridized carbons (Fsp3) is 0.667. The first-order valence-electron chi connectivity index (χ1n) is 5.63. The first-order chi connectivity index (χ1) is 7.19. The van der Waals surface area contributed by atoms with E-state index in [0.29, 0.717) is 10.5 Å². The smallest absolute Gasteiger partial charge is 0.118 e. The second-order valence-corrected chi connectivity index (χ2v) is 5.45. The predicted octanol–water partition coefficient (Wildman–Crippen LogP) is 3.59. The molecule has 1 aromatic rings. The molecule has 2 nitrogen and oxygen atoms in total. The van der Waals surface area contributed by atoms with Crippen molar-refractivity contribution in [2.75, 3.05) is 0 Å². The van der Waals surface area contributed by atoms with E-state index in [-0.39, 0.29) is 6.04 Å². The molecule has 1 rings (SSSR count). The second-order valence-electron chi connectivity index (χ2n) is 3.86. The highest BCUT2D eigenvalue weighted by molar-refractivity contribution is 8.00. The maximum Gasteiger partial charge on any atom is 0.118 e. The Kier molecular flexibility index (Phi) is 5.26. The van der Waals surface area contributed by atoms with E-state index in [4.69, 9.17) is 10.2 Å². The van der Waals surface area contributed by atoms with Crippen LogP contribution in [0.25, 0.3) is 0 Å². The third-order valence-corrected chi connectivity index (χ3v) is 4.31. The lowest BCUT2D eigenvalue weighted by atomic mass is 10.1. The number of hydrogen-bond donors (Lipinski definition) is 1. The van der Waals surface area contributed by atoms with Gasteiger partial charge in [-0.2, -0.15) is 0 Å². The summed E-state index contributed by atoms with van der Waals surface area (Å²) < 4.78 is 5.46. The van der Waals surface area contributed by atoms with Gasteiger partial charge in [0, 0.05) is 11.3 Å². The highest BCUT2D eigenvalue weighted by Crippen LogP contribution is 2.36. The monoisotopic (exact) mass is 227 g/mol. The summed E-state index contributed by atoms with van der Waals surface area (Å²) in [7, 11) is 0. The van der Waals surface area contributed by atoms with Gasteiger partial charge in [0.1, 0.15) is 5.76 Å². The van der Waals surface area contributed by atoms with Crippen LogP contribution in [0.1, 0.15) is 44.6 Å². The van der Waals surface area contributed by atoms with Crippen molar-refractivity contribution in [2.45, 2.75) is 50.2 Å². The van der Waals surface area contributed by atoms with Crippen LogP contribution in [0.4, 0.5) is 0 Å². The van der Waals surface area contributed by atoms with Gasteiger partial charge in [-0.15, -0.1) is 11.8 Å². The summed E-state index contributed by atoms with van der Waals surface area (Å²) in [5.41, 5.74) is 6.13. The lowest BCUT2D eigenvalue weighted by molar-refractivity contribution is 0.473. The summed E-state index contributed by atoms with van der Waals surface area (Å²) in [5.74, 6) is 1.01. The molecular formula is C12H21NOS. The molecule has 3 unspecified atom stereocenters. The molecular weight excluding hydrogens is 206 g/mol. The van der Waals surface area contributed by atoms with Gasteiger partial charge in [0.05, 0.1) is 11.5 Å². The highest BCUT2D eigenvalue weighted by Gasteiger charge is 2.23. The lowest BCUT2D eigenvalue weighted by Gasteiger charge is -2.23. The third kappa shape index (κ3) is 3.58.